The third-order valence-electron chi connectivity index (χ3n) is 7.99. The van der Waals surface area contributed by atoms with E-state index in [0.717, 1.165) is 75.9 Å². The van der Waals surface area contributed by atoms with Gasteiger partial charge in [-0.15, -0.1) is 0 Å². The first kappa shape index (κ1) is 20.0. The van der Waals surface area contributed by atoms with Crippen LogP contribution in [0.5, 0.6) is 0 Å². The summed E-state index contributed by atoms with van der Waals surface area (Å²) in [5, 5.41) is 0. The molecule has 1 aliphatic carbocycles. The average Bonchev–Trinajstić information content (AvgIpc) is 3.23. The smallest absolute Gasteiger partial charge is 0.241 e. The van der Waals surface area contributed by atoms with Crippen molar-refractivity contribution in [1.29, 1.82) is 0 Å². The van der Waals surface area contributed by atoms with Crippen LogP contribution in [0.4, 0.5) is 5.69 Å². The standard InChI is InChI=1S/C25H35N3O2/c29-24(28-13-5-9-19-6-3-4-10-23(19)28)18-26-14-11-20(12-15-26)25(30)27-16-21-7-1-2-8-22(21)17-27/h3-4,6,10,20-22H,1-2,5,7-9,11-18H2. The van der Waals surface area contributed by atoms with Gasteiger partial charge in [-0.1, -0.05) is 31.0 Å². The van der Waals surface area contributed by atoms with Crippen LogP contribution in [0.1, 0.15) is 50.5 Å². The lowest BCUT2D eigenvalue weighted by molar-refractivity contribution is -0.136. The number of hydrogen-bond donors (Lipinski definition) is 0. The lowest BCUT2D eigenvalue weighted by Gasteiger charge is -2.35. The molecule has 5 rings (SSSR count). The fraction of sp³-hybridized carbons (Fsp3) is 0.680. The summed E-state index contributed by atoms with van der Waals surface area (Å²) in [6.07, 6.45) is 9.21. The maximum atomic E-state index is 13.1. The van der Waals surface area contributed by atoms with Crippen molar-refractivity contribution in [3.63, 3.8) is 0 Å². The molecule has 4 aliphatic rings. The first-order valence-electron chi connectivity index (χ1n) is 12.1. The van der Waals surface area contributed by atoms with E-state index in [-0.39, 0.29) is 11.8 Å². The van der Waals surface area contributed by atoms with Crippen molar-refractivity contribution >= 4 is 17.5 Å². The van der Waals surface area contributed by atoms with Gasteiger partial charge >= 0.3 is 0 Å². The summed E-state index contributed by atoms with van der Waals surface area (Å²) in [6.45, 7) is 5.01. The van der Waals surface area contributed by atoms with Crippen LogP contribution in [-0.2, 0) is 16.0 Å². The Balaban J connectivity index is 1.12. The van der Waals surface area contributed by atoms with E-state index < -0.39 is 0 Å². The number of nitrogens with zero attached hydrogens (tertiary/aromatic N) is 3. The van der Waals surface area contributed by atoms with Gasteiger partial charge in [0.05, 0.1) is 6.54 Å². The molecule has 0 N–H and O–H groups in total. The number of carbonyl (C=O) groups is 2. The van der Waals surface area contributed by atoms with E-state index in [1.807, 2.05) is 11.0 Å². The predicted molar refractivity (Wildman–Crippen MR) is 118 cm³/mol. The van der Waals surface area contributed by atoms with Crippen molar-refractivity contribution in [3.05, 3.63) is 29.8 Å². The molecule has 5 heteroatoms. The van der Waals surface area contributed by atoms with Gasteiger partial charge in [0.1, 0.15) is 0 Å². The van der Waals surface area contributed by atoms with Crippen LogP contribution in [0.15, 0.2) is 24.3 Å². The number of hydrogen-bond acceptors (Lipinski definition) is 3. The van der Waals surface area contributed by atoms with E-state index in [4.69, 9.17) is 0 Å². The second-order valence-electron chi connectivity index (χ2n) is 9.88. The molecule has 3 fully saturated rings. The molecular weight excluding hydrogens is 374 g/mol. The number of para-hydroxylation sites is 1. The van der Waals surface area contributed by atoms with Crippen LogP contribution in [-0.4, -0.2) is 60.9 Å². The molecule has 1 aromatic carbocycles. The van der Waals surface area contributed by atoms with Crippen molar-refractivity contribution in [1.82, 2.24) is 9.80 Å². The number of likely N-dealkylation sites (tertiary alicyclic amines) is 2. The molecule has 162 valence electrons. The predicted octanol–water partition coefficient (Wildman–Crippen LogP) is 3.33. The summed E-state index contributed by atoms with van der Waals surface area (Å²) in [7, 11) is 0. The fourth-order valence-electron chi connectivity index (χ4n) is 6.25. The van der Waals surface area contributed by atoms with Crippen molar-refractivity contribution in [2.45, 2.75) is 51.4 Å². The lowest BCUT2D eigenvalue weighted by Crippen LogP contribution is -2.47. The van der Waals surface area contributed by atoms with Gasteiger partial charge in [0.15, 0.2) is 0 Å². The van der Waals surface area contributed by atoms with Gasteiger partial charge in [-0.3, -0.25) is 14.5 Å². The Morgan fingerprint density at radius 3 is 2.30 bits per heavy atom. The summed E-state index contributed by atoms with van der Waals surface area (Å²) in [5.41, 5.74) is 2.38. The molecule has 0 aromatic heterocycles. The quantitative estimate of drug-likeness (QED) is 0.769. The van der Waals surface area contributed by atoms with Gasteiger partial charge in [-0.25, -0.2) is 0 Å². The van der Waals surface area contributed by atoms with E-state index >= 15 is 0 Å². The van der Waals surface area contributed by atoms with E-state index in [0.29, 0.717) is 12.5 Å². The highest BCUT2D eigenvalue weighted by molar-refractivity contribution is 5.96. The number of fused-ring (bicyclic) bond motifs is 2. The Bertz CT molecular complexity index is 772. The normalized spacial score (nSPS) is 27.6. The van der Waals surface area contributed by atoms with Gasteiger partial charge in [0.25, 0.3) is 0 Å². The van der Waals surface area contributed by atoms with Crippen LogP contribution in [0, 0.1) is 17.8 Å². The number of piperidine rings is 1. The molecule has 1 aromatic rings. The molecule has 2 saturated heterocycles. The van der Waals surface area contributed by atoms with Crippen molar-refractivity contribution in [3.8, 4) is 0 Å². The average molecular weight is 410 g/mol. The first-order chi connectivity index (χ1) is 14.7. The van der Waals surface area contributed by atoms with Crippen LogP contribution in [0.25, 0.3) is 0 Å². The number of amides is 2. The molecule has 2 unspecified atom stereocenters. The largest absolute Gasteiger partial charge is 0.342 e. The monoisotopic (exact) mass is 409 g/mol. The highest BCUT2D eigenvalue weighted by Crippen LogP contribution is 2.37. The molecular formula is C25H35N3O2. The zero-order valence-corrected chi connectivity index (χ0v) is 18.1. The molecule has 3 aliphatic heterocycles. The molecule has 2 amide bonds. The number of rotatable bonds is 3. The van der Waals surface area contributed by atoms with E-state index in [1.165, 1.54) is 31.2 Å². The molecule has 0 bridgehead atoms. The first-order valence-corrected chi connectivity index (χ1v) is 12.1. The van der Waals surface area contributed by atoms with Gasteiger partial charge in [-0.2, -0.15) is 0 Å². The molecule has 2 atom stereocenters. The molecule has 30 heavy (non-hydrogen) atoms. The second kappa shape index (κ2) is 8.70. The molecule has 0 radical (unpaired) electrons. The highest BCUT2D eigenvalue weighted by atomic mass is 16.2. The topological polar surface area (TPSA) is 43.9 Å². The second-order valence-corrected chi connectivity index (χ2v) is 9.88. The van der Waals surface area contributed by atoms with Gasteiger partial charge < -0.3 is 9.80 Å². The van der Waals surface area contributed by atoms with Crippen molar-refractivity contribution < 1.29 is 9.59 Å². The minimum atomic E-state index is 0.159. The van der Waals surface area contributed by atoms with Gasteiger partial charge in [0.2, 0.25) is 11.8 Å². The number of carbonyl (C=O) groups excluding carboxylic acids is 2. The molecule has 3 heterocycles. The van der Waals surface area contributed by atoms with Crippen molar-refractivity contribution in [2.24, 2.45) is 17.8 Å². The Morgan fingerprint density at radius 2 is 1.57 bits per heavy atom. The van der Waals surface area contributed by atoms with Crippen LogP contribution >= 0.6 is 0 Å². The summed E-state index contributed by atoms with van der Waals surface area (Å²) in [5.74, 6) is 2.27. The summed E-state index contributed by atoms with van der Waals surface area (Å²) < 4.78 is 0. The lowest BCUT2D eigenvalue weighted by atomic mass is 9.82. The van der Waals surface area contributed by atoms with E-state index in [1.54, 1.807) is 0 Å². The number of anilines is 1. The maximum Gasteiger partial charge on any atom is 0.241 e. The molecule has 0 spiro atoms. The van der Waals surface area contributed by atoms with E-state index in [2.05, 4.69) is 28.0 Å². The zero-order valence-electron chi connectivity index (χ0n) is 18.1. The fourth-order valence-corrected chi connectivity index (χ4v) is 6.25. The minimum absolute atomic E-state index is 0.159. The SMILES string of the molecule is O=C(C1CCN(CC(=O)N2CCCc3ccccc32)CC1)N1CC2CCCCC2C1. The molecule has 1 saturated carbocycles. The maximum absolute atomic E-state index is 13.1. The van der Waals surface area contributed by atoms with Crippen LogP contribution < -0.4 is 4.90 Å². The van der Waals surface area contributed by atoms with E-state index in [9.17, 15) is 9.59 Å². The molecule has 5 nitrogen and oxygen atoms in total. The van der Waals surface area contributed by atoms with Crippen LogP contribution in [0.3, 0.4) is 0 Å². The number of aryl methyl sites for hydroxylation is 1. The Morgan fingerprint density at radius 1 is 0.867 bits per heavy atom. The Kier molecular flexibility index (Phi) is 5.81. The third-order valence-corrected chi connectivity index (χ3v) is 7.99. The summed E-state index contributed by atoms with van der Waals surface area (Å²) in [6, 6.07) is 8.30. The Hall–Kier alpha value is -1.88. The number of benzene rings is 1. The highest BCUT2D eigenvalue weighted by Gasteiger charge is 2.39. The summed E-state index contributed by atoms with van der Waals surface area (Å²) >= 11 is 0. The van der Waals surface area contributed by atoms with Gasteiger partial charge in [-0.05, 0) is 75.1 Å². The minimum Gasteiger partial charge on any atom is -0.342 e. The summed E-state index contributed by atoms with van der Waals surface area (Å²) in [4.78, 5) is 32.5. The van der Waals surface area contributed by atoms with Crippen LogP contribution in [0.2, 0.25) is 0 Å². The zero-order chi connectivity index (χ0) is 20.5. The van der Waals surface area contributed by atoms with Gasteiger partial charge in [0, 0.05) is 31.2 Å². The third kappa shape index (κ3) is 4.01. The Labute approximate surface area is 180 Å². The van der Waals surface area contributed by atoms with Crippen molar-refractivity contribution in [2.75, 3.05) is 44.2 Å².